The maximum atomic E-state index is 10.5. The number of hydrogen-bond acceptors (Lipinski definition) is 4. The molecule has 2 rings (SSSR count). The second kappa shape index (κ2) is 5.07. The number of isocyanates is 1. The smallest absolute Gasteiger partial charge is 0.211 e. The lowest BCUT2D eigenvalue weighted by Crippen LogP contribution is -2.03. The van der Waals surface area contributed by atoms with E-state index >= 15 is 0 Å². The lowest BCUT2D eigenvalue weighted by atomic mass is 10.1. The molecule has 0 N–H and O–H groups in total. The van der Waals surface area contributed by atoms with E-state index in [1.807, 2.05) is 18.6 Å². The third kappa shape index (κ3) is 2.41. The van der Waals surface area contributed by atoms with Crippen LogP contribution >= 0.6 is 35.1 Å². The first-order valence-corrected chi connectivity index (χ1v) is 8.00. The second-order valence-corrected chi connectivity index (χ2v) is 6.00. The van der Waals surface area contributed by atoms with E-state index in [2.05, 4.69) is 11.1 Å². The van der Waals surface area contributed by atoms with E-state index in [4.69, 9.17) is 11.6 Å². The van der Waals surface area contributed by atoms with Crippen molar-refractivity contribution < 1.29 is 4.79 Å². The Morgan fingerprint density at radius 2 is 2.06 bits per heavy atom. The molecule has 0 radical (unpaired) electrons. The Hall–Kier alpha value is -0.410. The number of benzene rings is 1. The van der Waals surface area contributed by atoms with E-state index in [0.717, 1.165) is 33.2 Å². The van der Waals surface area contributed by atoms with Gasteiger partial charge in [0.25, 0.3) is 0 Å². The fourth-order valence-corrected chi connectivity index (χ4v) is 3.92. The Balaban J connectivity index is 2.51. The van der Waals surface area contributed by atoms with Crippen LogP contribution in [0.3, 0.4) is 0 Å². The largest absolute Gasteiger partial charge is 0.235 e. The van der Waals surface area contributed by atoms with Gasteiger partial charge in [-0.2, -0.15) is 4.99 Å². The normalized spacial score (nSPS) is 16.4. The molecule has 0 unspecified atom stereocenters. The molecular weight excluding hydrogens is 274 g/mol. The summed E-state index contributed by atoms with van der Waals surface area (Å²) in [6.45, 7) is 0. The molecule has 1 fully saturated rings. The standard InChI is InChI=1S/C12H12ClNOS2/c1-16-10-6-8(5-9(13)11(10)17-2)12(3-4-12)14-7-15/h5-6H,3-4H2,1-2H3. The molecule has 17 heavy (non-hydrogen) atoms. The highest BCUT2D eigenvalue weighted by molar-refractivity contribution is 8.01. The Morgan fingerprint density at radius 3 is 2.53 bits per heavy atom. The summed E-state index contributed by atoms with van der Waals surface area (Å²) in [5.41, 5.74) is 0.695. The van der Waals surface area contributed by atoms with E-state index < -0.39 is 0 Å². The Bertz CT molecular complexity index is 494. The Morgan fingerprint density at radius 1 is 1.35 bits per heavy atom. The summed E-state index contributed by atoms with van der Waals surface area (Å²) in [7, 11) is 0. The van der Waals surface area contributed by atoms with E-state index in [1.165, 1.54) is 0 Å². The van der Waals surface area contributed by atoms with Gasteiger partial charge >= 0.3 is 0 Å². The average Bonchev–Trinajstić information content (AvgIpc) is 3.09. The maximum absolute atomic E-state index is 10.5. The zero-order valence-corrected chi connectivity index (χ0v) is 12.0. The van der Waals surface area contributed by atoms with Crippen LogP contribution in [0.1, 0.15) is 18.4 Å². The molecule has 1 aromatic carbocycles. The van der Waals surface area contributed by atoms with Crippen LogP contribution in [0.25, 0.3) is 0 Å². The number of nitrogens with zero attached hydrogens (tertiary/aromatic N) is 1. The molecule has 0 saturated heterocycles. The third-order valence-electron chi connectivity index (χ3n) is 2.95. The topological polar surface area (TPSA) is 29.4 Å². The number of halogens is 1. The van der Waals surface area contributed by atoms with E-state index in [-0.39, 0.29) is 5.54 Å². The molecular formula is C12H12ClNOS2. The predicted octanol–water partition coefficient (Wildman–Crippen LogP) is 4.11. The summed E-state index contributed by atoms with van der Waals surface area (Å²) < 4.78 is 0. The van der Waals surface area contributed by atoms with E-state index in [9.17, 15) is 4.79 Å². The summed E-state index contributed by atoms with van der Waals surface area (Å²) in [6.07, 6.45) is 7.53. The van der Waals surface area contributed by atoms with Gasteiger partial charge in [-0.1, -0.05) is 11.6 Å². The molecule has 1 aliphatic rings. The first kappa shape index (κ1) is 13.0. The van der Waals surface area contributed by atoms with Crippen LogP contribution in [0, 0.1) is 0 Å². The van der Waals surface area contributed by atoms with Crippen LogP contribution in [0.15, 0.2) is 26.9 Å². The molecule has 1 saturated carbocycles. The molecule has 0 heterocycles. The van der Waals surface area contributed by atoms with Crippen LogP contribution in [0.2, 0.25) is 5.02 Å². The Kier molecular flexibility index (Phi) is 3.88. The summed E-state index contributed by atoms with van der Waals surface area (Å²) >= 11 is 9.58. The second-order valence-electron chi connectivity index (χ2n) is 3.93. The monoisotopic (exact) mass is 285 g/mol. The van der Waals surface area contributed by atoms with Crippen molar-refractivity contribution in [1.82, 2.24) is 0 Å². The van der Waals surface area contributed by atoms with Gasteiger partial charge in [0.1, 0.15) is 0 Å². The molecule has 90 valence electrons. The molecule has 0 atom stereocenters. The van der Waals surface area contributed by atoms with Crippen molar-refractivity contribution in [2.45, 2.75) is 28.2 Å². The molecule has 0 spiro atoms. The van der Waals surface area contributed by atoms with Crippen LogP contribution in [0.4, 0.5) is 0 Å². The van der Waals surface area contributed by atoms with Crippen molar-refractivity contribution >= 4 is 41.2 Å². The summed E-state index contributed by atoms with van der Waals surface area (Å²) in [5, 5.41) is 0.742. The van der Waals surface area contributed by atoms with Crippen molar-refractivity contribution in [3.8, 4) is 0 Å². The van der Waals surface area contributed by atoms with Crippen molar-refractivity contribution in [2.75, 3.05) is 12.5 Å². The van der Waals surface area contributed by atoms with Crippen LogP contribution in [0.5, 0.6) is 0 Å². The molecule has 0 amide bonds. The van der Waals surface area contributed by atoms with Crippen LogP contribution < -0.4 is 0 Å². The van der Waals surface area contributed by atoms with Gasteiger partial charge in [-0.05, 0) is 43.0 Å². The van der Waals surface area contributed by atoms with Gasteiger partial charge in [-0.3, -0.25) is 0 Å². The molecule has 0 aromatic heterocycles. The fraction of sp³-hybridized carbons (Fsp3) is 0.417. The minimum Gasteiger partial charge on any atom is -0.211 e. The predicted molar refractivity (Wildman–Crippen MR) is 74.0 cm³/mol. The Labute approximate surface area is 114 Å². The van der Waals surface area contributed by atoms with Gasteiger partial charge in [0.15, 0.2) is 0 Å². The van der Waals surface area contributed by atoms with Gasteiger partial charge in [-0.15, -0.1) is 23.5 Å². The number of thioether (sulfide) groups is 2. The van der Waals surface area contributed by atoms with Gasteiger partial charge in [-0.25, -0.2) is 4.79 Å². The highest BCUT2D eigenvalue weighted by Gasteiger charge is 2.45. The number of rotatable bonds is 4. The molecule has 5 heteroatoms. The first-order chi connectivity index (χ1) is 8.16. The number of hydrogen-bond donors (Lipinski definition) is 0. The third-order valence-corrected chi connectivity index (χ3v) is 5.10. The quantitative estimate of drug-likeness (QED) is 0.474. The minimum atomic E-state index is -0.340. The van der Waals surface area contributed by atoms with Gasteiger partial charge < -0.3 is 0 Å². The molecule has 2 nitrogen and oxygen atoms in total. The van der Waals surface area contributed by atoms with E-state index in [0.29, 0.717) is 0 Å². The first-order valence-electron chi connectivity index (χ1n) is 5.18. The zero-order chi connectivity index (χ0) is 12.5. The summed E-state index contributed by atoms with van der Waals surface area (Å²) in [4.78, 5) is 16.6. The molecule has 0 aliphatic heterocycles. The van der Waals surface area contributed by atoms with Crippen molar-refractivity contribution in [3.05, 3.63) is 22.7 Å². The zero-order valence-electron chi connectivity index (χ0n) is 9.62. The summed E-state index contributed by atoms with van der Waals surface area (Å²) in [6, 6.07) is 4.02. The van der Waals surface area contributed by atoms with Gasteiger partial charge in [0.05, 0.1) is 10.6 Å². The van der Waals surface area contributed by atoms with Crippen molar-refractivity contribution in [3.63, 3.8) is 0 Å². The number of aliphatic imine (C=N–C) groups is 1. The highest BCUT2D eigenvalue weighted by atomic mass is 35.5. The molecule has 1 aromatic rings. The lowest BCUT2D eigenvalue weighted by Gasteiger charge is -2.14. The SMILES string of the molecule is CSc1cc(C2(N=C=O)CC2)cc(Cl)c1SC. The lowest BCUT2D eigenvalue weighted by molar-refractivity contribution is 0.556. The minimum absolute atomic E-state index is 0.340. The molecule has 1 aliphatic carbocycles. The molecule has 0 bridgehead atoms. The van der Waals surface area contributed by atoms with Crippen molar-refractivity contribution in [2.24, 2.45) is 4.99 Å². The van der Waals surface area contributed by atoms with Crippen LogP contribution in [-0.2, 0) is 10.3 Å². The highest BCUT2D eigenvalue weighted by Crippen LogP contribution is 2.51. The van der Waals surface area contributed by atoms with Gasteiger partial charge in [0, 0.05) is 9.79 Å². The number of carbonyl (C=O) groups excluding carboxylic acids is 1. The maximum Gasteiger partial charge on any atom is 0.235 e. The van der Waals surface area contributed by atoms with E-state index in [1.54, 1.807) is 29.6 Å². The average molecular weight is 286 g/mol. The van der Waals surface area contributed by atoms with Crippen LogP contribution in [-0.4, -0.2) is 18.6 Å². The van der Waals surface area contributed by atoms with Crippen molar-refractivity contribution in [1.29, 1.82) is 0 Å². The summed E-state index contributed by atoms with van der Waals surface area (Å²) in [5.74, 6) is 0. The van der Waals surface area contributed by atoms with Gasteiger partial charge in [0.2, 0.25) is 6.08 Å². The fourth-order valence-electron chi connectivity index (χ4n) is 1.86.